The Bertz CT molecular complexity index is 382. The summed E-state index contributed by atoms with van der Waals surface area (Å²) in [7, 11) is 0. The Labute approximate surface area is 106 Å². The van der Waals surface area contributed by atoms with Crippen LogP contribution in [0.15, 0.2) is 29.4 Å². The molecule has 0 unspecified atom stereocenters. The lowest BCUT2D eigenvalue weighted by Gasteiger charge is -2.15. The van der Waals surface area contributed by atoms with Crippen molar-refractivity contribution in [1.29, 1.82) is 0 Å². The second-order valence-corrected chi connectivity index (χ2v) is 4.30. The molecule has 4 nitrogen and oxygen atoms in total. The van der Waals surface area contributed by atoms with Crippen molar-refractivity contribution < 1.29 is 5.21 Å². The first-order valence-electron chi connectivity index (χ1n) is 5.59. The van der Waals surface area contributed by atoms with Gasteiger partial charge in [0.2, 0.25) is 0 Å². The van der Waals surface area contributed by atoms with Crippen LogP contribution in [-0.2, 0) is 0 Å². The Kier molecular flexibility index (Phi) is 5.80. The third-order valence-electron chi connectivity index (χ3n) is 2.56. The molecule has 17 heavy (non-hydrogen) atoms. The highest BCUT2D eigenvalue weighted by molar-refractivity contribution is 6.31. The maximum absolute atomic E-state index is 8.38. The molecular weight excluding hydrogens is 238 g/mol. The molecule has 0 spiro atoms. The molecule has 1 aromatic rings. The number of nitrogens with one attached hydrogen (secondary N) is 1. The lowest BCUT2D eigenvalue weighted by atomic mass is 10.1. The highest BCUT2D eigenvalue weighted by Crippen LogP contribution is 2.21. The third-order valence-corrected chi connectivity index (χ3v) is 2.90. The largest absolute Gasteiger partial charge is 0.409 e. The Morgan fingerprint density at radius 1 is 1.53 bits per heavy atom. The van der Waals surface area contributed by atoms with E-state index in [2.05, 4.69) is 17.4 Å². The molecule has 0 aliphatic carbocycles. The fourth-order valence-electron chi connectivity index (χ4n) is 1.57. The van der Waals surface area contributed by atoms with Crippen molar-refractivity contribution in [1.82, 2.24) is 5.32 Å². The molecule has 4 N–H and O–H groups in total. The summed E-state index contributed by atoms with van der Waals surface area (Å²) >= 11 is 6.09. The van der Waals surface area contributed by atoms with Gasteiger partial charge in [-0.3, -0.25) is 0 Å². The minimum Gasteiger partial charge on any atom is -0.409 e. The second-order valence-electron chi connectivity index (χ2n) is 3.89. The van der Waals surface area contributed by atoms with E-state index in [4.69, 9.17) is 22.5 Å². The van der Waals surface area contributed by atoms with E-state index < -0.39 is 0 Å². The van der Waals surface area contributed by atoms with Gasteiger partial charge in [-0.15, -0.1) is 0 Å². The van der Waals surface area contributed by atoms with Gasteiger partial charge in [-0.25, -0.2) is 0 Å². The molecule has 0 fully saturated rings. The molecule has 0 heterocycles. The Morgan fingerprint density at radius 2 is 2.24 bits per heavy atom. The van der Waals surface area contributed by atoms with E-state index in [0.717, 1.165) is 23.6 Å². The number of nitrogens with zero attached hydrogens (tertiary/aromatic N) is 1. The zero-order valence-electron chi connectivity index (χ0n) is 9.86. The maximum atomic E-state index is 8.38. The summed E-state index contributed by atoms with van der Waals surface area (Å²) < 4.78 is 0. The minimum atomic E-state index is 0.191. The van der Waals surface area contributed by atoms with Crippen molar-refractivity contribution in [2.24, 2.45) is 10.9 Å². The van der Waals surface area contributed by atoms with Crippen molar-refractivity contribution in [2.45, 2.75) is 25.8 Å². The van der Waals surface area contributed by atoms with Crippen LogP contribution < -0.4 is 11.1 Å². The molecule has 0 radical (unpaired) electrons. The van der Waals surface area contributed by atoms with E-state index in [9.17, 15) is 0 Å². The van der Waals surface area contributed by atoms with Crippen LogP contribution in [0.2, 0.25) is 5.02 Å². The van der Waals surface area contributed by atoms with Gasteiger partial charge in [0.1, 0.15) is 5.84 Å². The topological polar surface area (TPSA) is 70.6 Å². The summed E-state index contributed by atoms with van der Waals surface area (Å²) in [6.45, 7) is 2.85. The summed E-state index contributed by atoms with van der Waals surface area (Å²) in [5, 5.41) is 15.4. The first-order chi connectivity index (χ1) is 8.15. The third kappa shape index (κ3) is 4.63. The standard InChI is InChI=1S/C12H18ClN3O/c1-9(10-5-2-3-6-11(10)13)15-8-4-7-12(14)16-17/h2-3,5-6,9,15,17H,4,7-8H2,1H3,(H2,14,16)/t9-/m0/s1. The first-order valence-corrected chi connectivity index (χ1v) is 5.97. The Hall–Kier alpha value is -1.26. The molecule has 1 atom stereocenters. The van der Waals surface area contributed by atoms with Crippen molar-refractivity contribution >= 4 is 17.4 Å². The summed E-state index contributed by atoms with van der Waals surface area (Å²) in [6.07, 6.45) is 1.41. The predicted octanol–water partition coefficient (Wildman–Crippen LogP) is 2.52. The summed E-state index contributed by atoms with van der Waals surface area (Å²) in [6, 6.07) is 7.96. The first kappa shape index (κ1) is 13.8. The highest BCUT2D eigenvalue weighted by Gasteiger charge is 2.07. The fourth-order valence-corrected chi connectivity index (χ4v) is 1.87. The van der Waals surface area contributed by atoms with Gasteiger partial charge >= 0.3 is 0 Å². The van der Waals surface area contributed by atoms with Gasteiger partial charge in [0.05, 0.1) is 0 Å². The van der Waals surface area contributed by atoms with Crippen LogP contribution in [0.1, 0.15) is 31.4 Å². The number of amidine groups is 1. The lowest BCUT2D eigenvalue weighted by molar-refractivity contribution is 0.316. The Morgan fingerprint density at radius 3 is 2.88 bits per heavy atom. The van der Waals surface area contributed by atoms with E-state index in [1.807, 2.05) is 24.3 Å². The smallest absolute Gasteiger partial charge is 0.139 e. The molecule has 1 rings (SSSR count). The van der Waals surface area contributed by atoms with Gasteiger partial charge in [0, 0.05) is 17.5 Å². The highest BCUT2D eigenvalue weighted by atomic mass is 35.5. The van der Waals surface area contributed by atoms with E-state index in [-0.39, 0.29) is 11.9 Å². The van der Waals surface area contributed by atoms with Gasteiger partial charge in [-0.1, -0.05) is 35.0 Å². The van der Waals surface area contributed by atoms with Crippen LogP contribution in [0.25, 0.3) is 0 Å². The SMILES string of the molecule is C[C@H](NCCC/C(N)=N/O)c1ccccc1Cl. The molecule has 0 saturated heterocycles. The minimum absolute atomic E-state index is 0.191. The Balaban J connectivity index is 2.35. The average Bonchev–Trinajstić information content (AvgIpc) is 2.34. The van der Waals surface area contributed by atoms with E-state index >= 15 is 0 Å². The van der Waals surface area contributed by atoms with Crippen LogP contribution in [-0.4, -0.2) is 17.6 Å². The number of oxime groups is 1. The molecule has 0 bridgehead atoms. The van der Waals surface area contributed by atoms with E-state index in [1.54, 1.807) is 0 Å². The molecule has 94 valence electrons. The molecule has 0 saturated carbocycles. The number of hydrogen-bond acceptors (Lipinski definition) is 3. The zero-order chi connectivity index (χ0) is 12.7. The van der Waals surface area contributed by atoms with Crippen LogP contribution in [0.4, 0.5) is 0 Å². The van der Waals surface area contributed by atoms with Crippen LogP contribution >= 0.6 is 11.6 Å². The summed E-state index contributed by atoms with van der Waals surface area (Å²) in [5.41, 5.74) is 6.46. The summed E-state index contributed by atoms with van der Waals surface area (Å²) in [4.78, 5) is 0. The number of nitrogens with two attached hydrogens (primary N) is 1. The average molecular weight is 256 g/mol. The van der Waals surface area contributed by atoms with Gasteiger partial charge in [0.15, 0.2) is 0 Å². The van der Waals surface area contributed by atoms with Gasteiger partial charge in [-0.2, -0.15) is 0 Å². The van der Waals surface area contributed by atoms with Crippen molar-refractivity contribution in [3.63, 3.8) is 0 Å². The maximum Gasteiger partial charge on any atom is 0.139 e. The normalized spacial score (nSPS) is 13.6. The zero-order valence-corrected chi connectivity index (χ0v) is 10.6. The van der Waals surface area contributed by atoms with Crippen molar-refractivity contribution in [3.8, 4) is 0 Å². The molecule has 1 aromatic carbocycles. The van der Waals surface area contributed by atoms with E-state index in [0.29, 0.717) is 6.42 Å². The lowest BCUT2D eigenvalue weighted by Crippen LogP contribution is -2.22. The molecule has 0 aliphatic rings. The second kappa shape index (κ2) is 7.14. The van der Waals surface area contributed by atoms with Crippen molar-refractivity contribution in [3.05, 3.63) is 34.9 Å². The number of benzene rings is 1. The fraction of sp³-hybridized carbons (Fsp3) is 0.417. The van der Waals surface area contributed by atoms with Crippen LogP contribution in [0, 0.1) is 0 Å². The number of rotatable bonds is 6. The predicted molar refractivity (Wildman–Crippen MR) is 70.5 cm³/mol. The van der Waals surface area contributed by atoms with Gasteiger partial charge < -0.3 is 16.3 Å². The van der Waals surface area contributed by atoms with Gasteiger partial charge in [-0.05, 0) is 31.5 Å². The quantitative estimate of drug-likeness (QED) is 0.241. The number of hydrogen-bond donors (Lipinski definition) is 3. The monoisotopic (exact) mass is 255 g/mol. The van der Waals surface area contributed by atoms with E-state index in [1.165, 1.54) is 0 Å². The molecule has 5 heteroatoms. The van der Waals surface area contributed by atoms with Gasteiger partial charge in [0.25, 0.3) is 0 Å². The number of halogens is 1. The van der Waals surface area contributed by atoms with Crippen LogP contribution in [0.5, 0.6) is 0 Å². The summed E-state index contributed by atoms with van der Waals surface area (Å²) in [5.74, 6) is 0.261. The van der Waals surface area contributed by atoms with Crippen LogP contribution in [0.3, 0.4) is 0 Å². The molecule has 0 aromatic heterocycles. The molecule has 0 aliphatic heterocycles. The van der Waals surface area contributed by atoms with Crippen molar-refractivity contribution in [2.75, 3.05) is 6.54 Å². The molecule has 0 amide bonds. The molecular formula is C12H18ClN3O.